The summed E-state index contributed by atoms with van der Waals surface area (Å²) in [6.45, 7) is 2.12. The number of anilines is 1. The van der Waals surface area contributed by atoms with Gasteiger partial charge < -0.3 is 10.2 Å². The Balaban J connectivity index is 1.66. The van der Waals surface area contributed by atoms with Crippen LogP contribution >= 0.6 is 0 Å². The molecule has 1 heterocycles. The van der Waals surface area contributed by atoms with Gasteiger partial charge in [0.05, 0.1) is 10.5 Å². The number of rotatable bonds is 8. The van der Waals surface area contributed by atoms with Gasteiger partial charge in [-0.05, 0) is 48.6 Å². The number of hydrogen-bond acceptors (Lipinski definition) is 4. The molecule has 3 aromatic carbocycles. The van der Waals surface area contributed by atoms with Crippen LogP contribution in [0.5, 0.6) is 0 Å². The molecule has 1 aliphatic rings. The molecule has 0 unspecified atom stereocenters. The van der Waals surface area contributed by atoms with Gasteiger partial charge in [0.2, 0.25) is 10.0 Å². The van der Waals surface area contributed by atoms with E-state index in [9.17, 15) is 13.2 Å². The standard InChI is InChI=1S/C28H33N3O3S/c1-30(2)35(33,34)24-16-17-27(31-18-10-5-11-19-31)25(20-24)28(32)29-21-26(22-12-6-3-7-13-22)23-14-8-4-9-15-23/h3-4,6-9,12-17,20,26H,5,10-11,18-19,21H2,1-2H3,(H,29,32). The largest absolute Gasteiger partial charge is 0.371 e. The zero-order chi connectivity index (χ0) is 24.8. The first-order chi connectivity index (χ1) is 16.9. The first kappa shape index (κ1) is 24.9. The number of nitrogens with zero attached hydrogens (tertiary/aromatic N) is 2. The van der Waals surface area contributed by atoms with Crippen LogP contribution < -0.4 is 10.2 Å². The highest BCUT2D eigenvalue weighted by molar-refractivity contribution is 7.89. The minimum Gasteiger partial charge on any atom is -0.371 e. The molecule has 6 nitrogen and oxygen atoms in total. The monoisotopic (exact) mass is 491 g/mol. The Morgan fingerprint density at radius 3 is 2.00 bits per heavy atom. The van der Waals surface area contributed by atoms with Crippen LogP contribution in [0.15, 0.2) is 83.8 Å². The molecule has 7 heteroatoms. The van der Waals surface area contributed by atoms with Crippen LogP contribution in [0.4, 0.5) is 5.69 Å². The number of carbonyl (C=O) groups is 1. The van der Waals surface area contributed by atoms with Crippen molar-refractivity contribution in [3.8, 4) is 0 Å². The van der Waals surface area contributed by atoms with Crippen LogP contribution in [-0.4, -0.2) is 52.4 Å². The van der Waals surface area contributed by atoms with Gasteiger partial charge in [0.1, 0.15) is 0 Å². The molecule has 1 aliphatic heterocycles. The summed E-state index contributed by atoms with van der Waals surface area (Å²) in [5.74, 6) is -0.285. The van der Waals surface area contributed by atoms with Crippen LogP contribution in [-0.2, 0) is 10.0 Å². The van der Waals surface area contributed by atoms with Gasteiger partial charge in [-0.3, -0.25) is 4.79 Å². The topological polar surface area (TPSA) is 69.7 Å². The molecule has 1 saturated heterocycles. The van der Waals surface area contributed by atoms with Crippen molar-refractivity contribution in [2.75, 3.05) is 38.6 Å². The number of nitrogens with one attached hydrogen (secondary N) is 1. The first-order valence-corrected chi connectivity index (χ1v) is 13.5. The van der Waals surface area contributed by atoms with Gasteiger partial charge >= 0.3 is 0 Å². The highest BCUT2D eigenvalue weighted by Gasteiger charge is 2.25. The Hall–Kier alpha value is -3.16. The van der Waals surface area contributed by atoms with Crippen LogP contribution in [0, 0.1) is 0 Å². The lowest BCUT2D eigenvalue weighted by Gasteiger charge is -2.31. The van der Waals surface area contributed by atoms with Crippen LogP contribution in [0.1, 0.15) is 46.7 Å². The quantitative estimate of drug-likeness (QED) is 0.504. The molecule has 0 saturated carbocycles. The summed E-state index contributed by atoms with van der Waals surface area (Å²) >= 11 is 0. The zero-order valence-electron chi connectivity index (χ0n) is 20.4. The highest BCUT2D eigenvalue weighted by atomic mass is 32.2. The van der Waals surface area contributed by atoms with Crippen LogP contribution in [0.3, 0.4) is 0 Å². The number of hydrogen-bond donors (Lipinski definition) is 1. The fourth-order valence-electron chi connectivity index (χ4n) is 4.57. The molecule has 0 atom stereocenters. The third kappa shape index (κ3) is 5.74. The average Bonchev–Trinajstić information content (AvgIpc) is 2.90. The van der Waals surface area contributed by atoms with Crippen molar-refractivity contribution in [2.24, 2.45) is 0 Å². The molecule has 1 N–H and O–H groups in total. The number of carbonyl (C=O) groups excluding carboxylic acids is 1. The summed E-state index contributed by atoms with van der Waals surface area (Å²) in [7, 11) is -0.667. The molecule has 0 radical (unpaired) electrons. The molecule has 1 amide bonds. The van der Waals surface area contributed by atoms with Crippen molar-refractivity contribution in [1.29, 1.82) is 0 Å². The van der Waals surface area contributed by atoms with E-state index in [4.69, 9.17) is 0 Å². The fourth-order valence-corrected chi connectivity index (χ4v) is 5.50. The molecule has 0 bridgehead atoms. The molecular weight excluding hydrogens is 458 g/mol. The molecule has 35 heavy (non-hydrogen) atoms. The summed E-state index contributed by atoms with van der Waals surface area (Å²) in [5, 5.41) is 3.11. The second-order valence-corrected chi connectivity index (χ2v) is 11.2. The van der Waals surface area contributed by atoms with Crippen molar-refractivity contribution >= 4 is 21.6 Å². The van der Waals surface area contributed by atoms with Gasteiger partial charge in [-0.15, -0.1) is 0 Å². The SMILES string of the molecule is CN(C)S(=O)(=O)c1ccc(N2CCCCC2)c(C(=O)NCC(c2ccccc2)c2ccccc2)c1. The van der Waals surface area contributed by atoms with Gasteiger partial charge in [-0.2, -0.15) is 0 Å². The lowest BCUT2D eigenvalue weighted by atomic mass is 9.91. The Morgan fingerprint density at radius 2 is 1.46 bits per heavy atom. The van der Waals surface area contributed by atoms with E-state index in [1.54, 1.807) is 12.1 Å². The van der Waals surface area contributed by atoms with E-state index in [1.165, 1.54) is 30.9 Å². The minimum atomic E-state index is -3.66. The molecular formula is C28H33N3O3S. The molecule has 4 rings (SSSR count). The highest BCUT2D eigenvalue weighted by Crippen LogP contribution is 2.29. The molecule has 0 aliphatic carbocycles. The Kier molecular flexibility index (Phi) is 7.88. The fraction of sp³-hybridized carbons (Fsp3) is 0.321. The van der Waals surface area contributed by atoms with E-state index >= 15 is 0 Å². The number of piperidine rings is 1. The summed E-state index contributed by atoms with van der Waals surface area (Å²) in [6.07, 6.45) is 3.28. The predicted molar refractivity (Wildman–Crippen MR) is 140 cm³/mol. The number of sulfonamides is 1. The maximum Gasteiger partial charge on any atom is 0.253 e. The zero-order valence-corrected chi connectivity index (χ0v) is 21.2. The van der Waals surface area contributed by atoms with Gasteiger partial charge in [0.15, 0.2) is 0 Å². The molecule has 1 fully saturated rings. The lowest BCUT2D eigenvalue weighted by molar-refractivity contribution is 0.0952. The Morgan fingerprint density at radius 1 is 0.886 bits per heavy atom. The smallest absolute Gasteiger partial charge is 0.253 e. The van der Waals surface area contributed by atoms with Crippen LogP contribution in [0.2, 0.25) is 0 Å². The van der Waals surface area contributed by atoms with E-state index in [0.717, 1.165) is 42.7 Å². The van der Waals surface area contributed by atoms with E-state index < -0.39 is 10.0 Å². The van der Waals surface area contributed by atoms with E-state index in [-0.39, 0.29) is 16.7 Å². The first-order valence-electron chi connectivity index (χ1n) is 12.1. The van der Waals surface area contributed by atoms with E-state index in [1.807, 2.05) is 36.4 Å². The normalized spacial score (nSPS) is 14.3. The number of benzene rings is 3. The molecule has 184 valence electrons. The summed E-state index contributed by atoms with van der Waals surface area (Å²) in [6, 6.07) is 25.1. The van der Waals surface area contributed by atoms with Crippen molar-refractivity contribution in [3.63, 3.8) is 0 Å². The molecule has 3 aromatic rings. The summed E-state index contributed by atoms with van der Waals surface area (Å²) in [4.78, 5) is 15.9. The van der Waals surface area contributed by atoms with Crippen LogP contribution in [0.25, 0.3) is 0 Å². The summed E-state index contributed by atoms with van der Waals surface area (Å²) in [5.41, 5.74) is 3.41. The van der Waals surface area contributed by atoms with Gasteiger partial charge in [0.25, 0.3) is 5.91 Å². The third-order valence-corrected chi connectivity index (χ3v) is 8.37. The molecule has 0 aromatic heterocycles. The van der Waals surface area contributed by atoms with Crippen molar-refractivity contribution in [1.82, 2.24) is 9.62 Å². The maximum atomic E-state index is 13.6. The van der Waals surface area contributed by atoms with Crippen molar-refractivity contribution in [2.45, 2.75) is 30.1 Å². The van der Waals surface area contributed by atoms with Gasteiger partial charge in [0, 0.05) is 45.3 Å². The number of amides is 1. The molecule has 0 spiro atoms. The average molecular weight is 492 g/mol. The Labute approximate surface area is 208 Å². The second kappa shape index (κ2) is 11.1. The van der Waals surface area contributed by atoms with Gasteiger partial charge in [-0.1, -0.05) is 60.7 Å². The second-order valence-electron chi connectivity index (χ2n) is 9.10. The summed E-state index contributed by atoms with van der Waals surface area (Å²) < 4.78 is 26.8. The van der Waals surface area contributed by atoms with E-state index in [0.29, 0.717) is 12.1 Å². The maximum absolute atomic E-state index is 13.6. The predicted octanol–water partition coefficient (Wildman–Crippen LogP) is 4.49. The lowest BCUT2D eigenvalue weighted by Crippen LogP contribution is -2.34. The third-order valence-electron chi connectivity index (χ3n) is 6.56. The minimum absolute atomic E-state index is 0.0199. The van der Waals surface area contributed by atoms with E-state index in [2.05, 4.69) is 34.5 Å². The van der Waals surface area contributed by atoms with Crippen molar-refractivity contribution < 1.29 is 13.2 Å². The van der Waals surface area contributed by atoms with Gasteiger partial charge in [-0.25, -0.2) is 12.7 Å². The Bertz CT molecular complexity index is 1200. The van der Waals surface area contributed by atoms with Crippen molar-refractivity contribution in [3.05, 3.63) is 95.6 Å².